The lowest BCUT2D eigenvalue weighted by molar-refractivity contribution is -0.128. The van der Waals surface area contributed by atoms with E-state index in [0.29, 0.717) is 19.6 Å². The molecule has 1 aromatic rings. The van der Waals surface area contributed by atoms with Gasteiger partial charge in [0.05, 0.1) is 6.54 Å². The summed E-state index contributed by atoms with van der Waals surface area (Å²) in [7, 11) is 0. The summed E-state index contributed by atoms with van der Waals surface area (Å²) in [5.74, 6) is 0.0794. The fourth-order valence-electron chi connectivity index (χ4n) is 2.98. The van der Waals surface area contributed by atoms with Gasteiger partial charge < -0.3 is 10.2 Å². The van der Waals surface area contributed by atoms with E-state index in [1.54, 1.807) is 6.08 Å². The lowest BCUT2D eigenvalue weighted by atomic mass is 10.1. The molecule has 136 valence electrons. The molecule has 0 aromatic heterocycles. The van der Waals surface area contributed by atoms with Crippen LogP contribution in [0.3, 0.4) is 0 Å². The highest BCUT2D eigenvalue weighted by atomic mass is 16.2. The molecule has 0 spiro atoms. The molecule has 0 radical (unpaired) electrons. The first-order valence-corrected chi connectivity index (χ1v) is 8.91. The van der Waals surface area contributed by atoms with E-state index in [2.05, 4.69) is 36.2 Å². The minimum atomic E-state index is 0.0336. The van der Waals surface area contributed by atoms with E-state index in [0.717, 1.165) is 18.7 Å². The second-order valence-corrected chi connectivity index (χ2v) is 7.02. The normalized spacial score (nSPS) is 15.8. The Hall–Kier alpha value is -2.14. The minimum absolute atomic E-state index is 0.0336. The second kappa shape index (κ2) is 8.81. The van der Waals surface area contributed by atoms with Gasteiger partial charge in [-0.15, -0.1) is 0 Å². The Morgan fingerprint density at radius 1 is 1.16 bits per heavy atom. The van der Waals surface area contributed by atoms with Crippen LogP contribution < -0.4 is 5.32 Å². The maximum Gasteiger partial charge on any atom is 0.246 e. The van der Waals surface area contributed by atoms with E-state index < -0.39 is 0 Å². The van der Waals surface area contributed by atoms with E-state index >= 15 is 0 Å². The van der Waals surface area contributed by atoms with Gasteiger partial charge in [-0.25, -0.2) is 0 Å². The Morgan fingerprint density at radius 3 is 2.44 bits per heavy atom. The third kappa shape index (κ3) is 6.02. The quantitative estimate of drug-likeness (QED) is 0.832. The van der Waals surface area contributed by atoms with Crippen molar-refractivity contribution in [1.29, 1.82) is 0 Å². The highest BCUT2D eigenvalue weighted by Gasteiger charge is 2.21. The number of piperazine rings is 1. The molecule has 25 heavy (non-hydrogen) atoms. The molecule has 2 rings (SSSR count). The number of benzene rings is 1. The number of nitrogens with zero attached hydrogens (tertiary/aromatic N) is 2. The Labute approximate surface area is 150 Å². The van der Waals surface area contributed by atoms with Crippen LogP contribution in [0.5, 0.6) is 0 Å². The van der Waals surface area contributed by atoms with Crippen molar-refractivity contribution in [2.75, 3.05) is 32.7 Å². The molecule has 0 aliphatic carbocycles. The predicted molar refractivity (Wildman–Crippen MR) is 101 cm³/mol. The molecule has 1 fully saturated rings. The molecule has 2 amide bonds. The molecule has 1 aliphatic heterocycles. The van der Waals surface area contributed by atoms with Crippen LogP contribution in [-0.2, 0) is 9.59 Å². The van der Waals surface area contributed by atoms with Gasteiger partial charge in [0, 0.05) is 38.3 Å². The summed E-state index contributed by atoms with van der Waals surface area (Å²) in [5, 5.41) is 2.90. The zero-order chi connectivity index (χ0) is 18.4. The summed E-state index contributed by atoms with van der Waals surface area (Å²) < 4.78 is 0. The largest absolute Gasteiger partial charge is 0.353 e. The number of hydrogen-bond donors (Lipinski definition) is 1. The van der Waals surface area contributed by atoms with E-state index in [4.69, 9.17) is 0 Å². The van der Waals surface area contributed by atoms with Gasteiger partial charge in [0.2, 0.25) is 11.8 Å². The summed E-state index contributed by atoms with van der Waals surface area (Å²) in [6.07, 6.45) is 3.54. The Bertz CT molecular complexity index is 644. The molecule has 0 saturated carbocycles. The number of hydrogen-bond acceptors (Lipinski definition) is 3. The van der Waals surface area contributed by atoms with Crippen LogP contribution in [0.15, 0.2) is 24.3 Å². The van der Waals surface area contributed by atoms with Crippen LogP contribution in [0.2, 0.25) is 0 Å². The van der Waals surface area contributed by atoms with Gasteiger partial charge in [0.1, 0.15) is 0 Å². The van der Waals surface area contributed by atoms with Gasteiger partial charge >= 0.3 is 0 Å². The zero-order valence-electron chi connectivity index (χ0n) is 15.7. The predicted octanol–water partition coefficient (Wildman–Crippen LogP) is 1.99. The van der Waals surface area contributed by atoms with Crippen molar-refractivity contribution in [2.24, 2.45) is 0 Å². The van der Waals surface area contributed by atoms with Crippen LogP contribution >= 0.6 is 0 Å². The zero-order valence-corrected chi connectivity index (χ0v) is 15.7. The first kappa shape index (κ1) is 19.2. The van der Waals surface area contributed by atoms with Crippen molar-refractivity contribution in [3.05, 3.63) is 41.0 Å². The second-order valence-electron chi connectivity index (χ2n) is 7.02. The number of carbonyl (C=O) groups is 2. The average molecular weight is 343 g/mol. The lowest BCUT2D eigenvalue weighted by Crippen LogP contribution is -2.51. The number of rotatable bonds is 5. The van der Waals surface area contributed by atoms with Crippen molar-refractivity contribution in [3.8, 4) is 0 Å². The van der Waals surface area contributed by atoms with Crippen molar-refractivity contribution in [3.63, 3.8) is 0 Å². The van der Waals surface area contributed by atoms with Crippen LogP contribution in [0.25, 0.3) is 6.08 Å². The molecular formula is C20H29N3O2. The lowest BCUT2D eigenvalue weighted by Gasteiger charge is -2.33. The van der Waals surface area contributed by atoms with Crippen LogP contribution in [-0.4, -0.2) is 60.4 Å². The fraction of sp³-hybridized carbons (Fsp3) is 0.500. The molecule has 0 atom stereocenters. The molecule has 5 nitrogen and oxygen atoms in total. The average Bonchev–Trinajstić information content (AvgIpc) is 2.53. The van der Waals surface area contributed by atoms with Crippen LogP contribution in [0.4, 0.5) is 0 Å². The van der Waals surface area contributed by atoms with Gasteiger partial charge in [-0.05, 0) is 44.9 Å². The molecule has 1 saturated heterocycles. The molecule has 5 heteroatoms. The SMILES string of the molecule is Cc1ccc(/C=C/C(=O)N2CCN(CC(=O)NC(C)C)CC2)c(C)c1. The Morgan fingerprint density at radius 2 is 1.84 bits per heavy atom. The molecule has 1 heterocycles. The first-order chi connectivity index (χ1) is 11.8. The third-order valence-corrected chi connectivity index (χ3v) is 4.33. The standard InChI is InChI=1S/C20H29N3O2/c1-15(2)21-19(24)14-22-9-11-23(12-10-22)20(25)8-7-18-6-5-16(3)13-17(18)4/h5-8,13,15H,9-12,14H2,1-4H3,(H,21,24)/b8-7+. The van der Waals surface area contributed by atoms with Gasteiger partial charge in [0.25, 0.3) is 0 Å². The molecule has 0 bridgehead atoms. The monoisotopic (exact) mass is 343 g/mol. The van der Waals surface area contributed by atoms with Crippen LogP contribution in [0.1, 0.15) is 30.5 Å². The number of carbonyl (C=O) groups excluding carboxylic acids is 2. The van der Waals surface area contributed by atoms with Crippen molar-refractivity contribution >= 4 is 17.9 Å². The summed E-state index contributed by atoms with van der Waals surface area (Å²) >= 11 is 0. The highest BCUT2D eigenvalue weighted by Crippen LogP contribution is 2.12. The first-order valence-electron chi connectivity index (χ1n) is 8.91. The van der Waals surface area contributed by atoms with Gasteiger partial charge in [-0.2, -0.15) is 0 Å². The smallest absolute Gasteiger partial charge is 0.246 e. The van der Waals surface area contributed by atoms with Gasteiger partial charge in [0.15, 0.2) is 0 Å². The molecule has 0 unspecified atom stereocenters. The third-order valence-electron chi connectivity index (χ3n) is 4.33. The van der Waals surface area contributed by atoms with Gasteiger partial charge in [-0.3, -0.25) is 14.5 Å². The summed E-state index contributed by atoms with van der Waals surface area (Å²) in [6, 6.07) is 6.37. The van der Waals surface area contributed by atoms with E-state index in [1.807, 2.05) is 30.9 Å². The highest BCUT2D eigenvalue weighted by molar-refractivity contribution is 5.92. The summed E-state index contributed by atoms with van der Waals surface area (Å²) in [6.45, 7) is 11.2. The van der Waals surface area contributed by atoms with Crippen molar-refractivity contribution < 1.29 is 9.59 Å². The fourth-order valence-corrected chi connectivity index (χ4v) is 2.98. The molecule has 1 aromatic carbocycles. The molecule has 1 N–H and O–H groups in total. The molecular weight excluding hydrogens is 314 g/mol. The number of amides is 2. The summed E-state index contributed by atoms with van der Waals surface area (Å²) in [5.41, 5.74) is 3.46. The topological polar surface area (TPSA) is 52.7 Å². The van der Waals surface area contributed by atoms with E-state index in [-0.39, 0.29) is 17.9 Å². The van der Waals surface area contributed by atoms with E-state index in [9.17, 15) is 9.59 Å². The maximum absolute atomic E-state index is 12.4. The molecule has 1 aliphatic rings. The Balaban J connectivity index is 1.82. The van der Waals surface area contributed by atoms with Gasteiger partial charge in [-0.1, -0.05) is 23.8 Å². The summed E-state index contributed by atoms with van der Waals surface area (Å²) in [4.78, 5) is 28.1. The van der Waals surface area contributed by atoms with Crippen molar-refractivity contribution in [2.45, 2.75) is 33.7 Å². The minimum Gasteiger partial charge on any atom is -0.353 e. The number of nitrogens with one attached hydrogen (secondary N) is 1. The Kier molecular flexibility index (Phi) is 6.76. The maximum atomic E-state index is 12.4. The van der Waals surface area contributed by atoms with Crippen LogP contribution in [0, 0.1) is 13.8 Å². The van der Waals surface area contributed by atoms with Crippen molar-refractivity contribution in [1.82, 2.24) is 15.1 Å². The number of aryl methyl sites for hydroxylation is 2. The van der Waals surface area contributed by atoms with E-state index in [1.165, 1.54) is 11.1 Å².